The van der Waals surface area contributed by atoms with E-state index in [-0.39, 0.29) is 6.10 Å². The normalized spacial score (nSPS) is 12.2. The van der Waals surface area contributed by atoms with Gasteiger partial charge in [-0.15, -0.1) is 0 Å². The van der Waals surface area contributed by atoms with Crippen LogP contribution in [0.3, 0.4) is 0 Å². The van der Waals surface area contributed by atoms with Crippen molar-refractivity contribution in [3.8, 4) is 5.88 Å². The average Bonchev–Trinajstić information content (AvgIpc) is 2.34. The van der Waals surface area contributed by atoms with E-state index in [0.717, 1.165) is 6.42 Å². The Hall–Kier alpha value is -1.36. The molecule has 90 valence electrons. The van der Waals surface area contributed by atoms with Gasteiger partial charge in [0.15, 0.2) is 0 Å². The first kappa shape index (κ1) is 12.7. The third kappa shape index (κ3) is 4.44. The highest BCUT2D eigenvalue weighted by Gasteiger charge is 2.03. The predicted octanol–water partition coefficient (Wildman–Crippen LogP) is 1.45. The Labute approximate surface area is 95.9 Å². The van der Waals surface area contributed by atoms with Crippen LogP contribution in [0.5, 0.6) is 5.88 Å². The summed E-state index contributed by atoms with van der Waals surface area (Å²) in [5.74, 6) is 1.05. The van der Waals surface area contributed by atoms with E-state index >= 15 is 0 Å². The van der Waals surface area contributed by atoms with Gasteiger partial charge in [-0.3, -0.25) is 0 Å². The maximum atomic E-state index is 9.38. The molecule has 0 aliphatic heterocycles. The van der Waals surface area contributed by atoms with Crippen molar-refractivity contribution < 1.29 is 9.84 Å². The molecule has 0 saturated heterocycles. The van der Waals surface area contributed by atoms with Crippen molar-refractivity contribution in [1.29, 1.82) is 0 Å². The van der Waals surface area contributed by atoms with Crippen molar-refractivity contribution in [2.24, 2.45) is 0 Å². The van der Waals surface area contributed by atoms with E-state index in [1.165, 1.54) is 0 Å². The molecule has 0 amide bonds. The van der Waals surface area contributed by atoms with Crippen LogP contribution >= 0.6 is 0 Å². The van der Waals surface area contributed by atoms with Gasteiger partial charge in [0.1, 0.15) is 0 Å². The lowest BCUT2D eigenvalue weighted by Gasteiger charge is -2.10. The lowest BCUT2D eigenvalue weighted by molar-refractivity contribution is 0.183. The monoisotopic (exact) mass is 225 g/mol. The fraction of sp³-hybridized carbons (Fsp3) is 0.636. The third-order valence-electron chi connectivity index (χ3n) is 2.05. The highest BCUT2D eigenvalue weighted by atomic mass is 16.5. The van der Waals surface area contributed by atoms with Crippen molar-refractivity contribution in [3.05, 3.63) is 12.3 Å². The molecule has 0 aliphatic carbocycles. The van der Waals surface area contributed by atoms with Gasteiger partial charge in [0.05, 0.1) is 12.7 Å². The maximum absolute atomic E-state index is 9.38. The van der Waals surface area contributed by atoms with E-state index in [9.17, 15) is 5.11 Å². The number of nitrogens with zero attached hydrogens (tertiary/aromatic N) is 2. The van der Waals surface area contributed by atoms with Crippen LogP contribution in [-0.4, -0.2) is 34.3 Å². The molecule has 0 saturated carbocycles. The molecular formula is C11H19N3O2. The van der Waals surface area contributed by atoms with Gasteiger partial charge in [-0.1, -0.05) is 13.8 Å². The summed E-state index contributed by atoms with van der Waals surface area (Å²) >= 11 is 0. The molecule has 0 aliphatic rings. The molecule has 0 aromatic carbocycles. The number of nitrogens with one attached hydrogen (secondary N) is 1. The van der Waals surface area contributed by atoms with E-state index in [2.05, 4.69) is 15.3 Å². The minimum atomic E-state index is -0.371. The van der Waals surface area contributed by atoms with Gasteiger partial charge in [-0.2, -0.15) is 4.98 Å². The molecule has 0 spiro atoms. The van der Waals surface area contributed by atoms with Gasteiger partial charge in [-0.05, 0) is 12.8 Å². The van der Waals surface area contributed by atoms with Crippen LogP contribution in [0.15, 0.2) is 12.3 Å². The summed E-state index contributed by atoms with van der Waals surface area (Å²) in [6, 6.07) is 1.72. The Balaban J connectivity index is 2.46. The van der Waals surface area contributed by atoms with Crippen LogP contribution < -0.4 is 10.1 Å². The van der Waals surface area contributed by atoms with Gasteiger partial charge in [0, 0.05) is 18.8 Å². The number of anilines is 1. The van der Waals surface area contributed by atoms with E-state index < -0.39 is 0 Å². The van der Waals surface area contributed by atoms with Gasteiger partial charge in [0.25, 0.3) is 0 Å². The fourth-order valence-electron chi connectivity index (χ4n) is 1.07. The molecule has 5 heteroatoms. The molecule has 2 N–H and O–H groups in total. The van der Waals surface area contributed by atoms with Crippen LogP contribution in [0, 0.1) is 0 Å². The van der Waals surface area contributed by atoms with Gasteiger partial charge < -0.3 is 15.2 Å². The van der Waals surface area contributed by atoms with Crippen LogP contribution in [0.1, 0.15) is 26.7 Å². The van der Waals surface area contributed by atoms with E-state index in [0.29, 0.717) is 31.4 Å². The highest BCUT2D eigenvalue weighted by Crippen LogP contribution is 2.08. The summed E-state index contributed by atoms with van der Waals surface area (Å²) in [4.78, 5) is 8.20. The second kappa shape index (κ2) is 7.00. The first-order valence-corrected chi connectivity index (χ1v) is 5.64. The van der Waals surface area contributed by atoms with Crippen molar-refractivity contribution in [3.63, 3.8) is 0 Å². The molecule has 16 heavy (non-hydrogen) atoms. The van der Waals surface area contributed by atoms with Crippen LogP contribution in [0.4, 0.5) is 5.95 Å². The number of hydrogen-bond acceptors (Lipinski definition) is 5. The highest BCUT2D eigenvalue weighted by molar-refractivity contribution is 5.27. The van der Waals surface area contributed by atoms with Gasteiger partial charge >= 0.3 is 0 Å². The summed E-state index contributed by atoms with van der Waals surface area (Å²) in [5, 5.41) is 12.3. The summed E-state index contributed by atoms with van der Waals surface area (Å²) in [6.45, 7) is 5.06. The number of aliphatic hydroxyl groups excluding tert-OH is 1. The zero-order valence-corrected chi connectivity index (χ0v) is 9.81. The standard InChI is InChI=1S/C11H19N3O2/c1-3-7-16-10-5-6-12-11(14-10)13-8-9(15)4-2/h5-6,9,15H,3-4,7-8H2,1-2H3,(H,12,13,14). The van der Waals surface area contributed by atoms with E-state index in [4.69, 9.17) is 4.74 Å². The zero-order chi connectivity index (χ0) is 11.8. The molecular weight excluding hydrogens is 206 g/mol. The smallest absolute Gasteiger partial charge is 0.226 e. The van der Waals surface area contributed by atoms with Crippen LogP contribution in [0.25, 0.3) is 0 Å². The largest absolute Gasteiger partial charge is 0.478 e. The zero-order valence-electron chi connectivity index (χ0n) is 9.81. The Morgan fingerprint density at radius 3 is 3.00 bits per heavy atom. The number of rotatable bonds is 7. The van der Waals surface area contributed by atoms with Crippen LogP contribution in [-0.2, 0) is 0 Å². The minimum absolute atomic E-state index is 0.371. The van der Waals surface area contributed by atoms with Crippen molar-refractivity contribution in [2.75, 3.05) is 18.5 Å². The number of aliphatic hydroxyl groups is 1. The molecule has 0 bridgehead atoms. The Bertz CT molecular complexity index is 307. The summed E-state index contributed by atoms with van der Waals surface area (Å²) in [7, 11) is 0. The lowest BCUT2D eigenvalue weighted by atomic mass is 10.3. The molecule has 1 atom stereocenters. The number of hydrogen-bond donors (Lipinski definition) is 2. The molecule has 1 aromatic rings. The van der Waals surface area contributed by atoms with Crippen LogP contribution in [0.2, 0.25) is 0 Å². The third-order valence-corrected chi connectivity index (χ3v) is 2.05. The molecule has 1 heterocycles. The SMILES string of the molecule is CCCOc1ccnc(NCC(O)CC)n1. The van der Waals surface area contributed by atoms with E-state index in [1.807, 2.05) is 13.8 Å². The summed E-state index contributed by atoms with van der Waals surface area (Å²) in [6.07, 6.45) is 2.92. The van der Waals surface area contributed by atoms with E-state index in [1.54, 1.807) is 12.3 Å². The predicted molar refractivity (Wildman–Crippen MR) is 62.6 cm³/mol. The molecule has 1 unspecified atom stereocenters. The molecule has 0 fully saturated rings. The quantitative estimate of drug-likeness (QED) is 0.735. The Morgan fingerprint density at radius 1 is 1.50 bits per heavy atom. The van der Waals surface area contributed by atoms with Crippen molar-refractivity contribution in [1.82, 2.24) is 9.97 Å². The van der Waals surface area contributed by atoms with Gasteiger partial charge in [0.2, 0.25) is 11.8 Å². The van der Waals surface area contributed by atoms with Crippen molar-refractivity contribution >= 4 is 5.95 Å². The number of ether oxygens (including phenoxy) is 1. The minimum Gasteiger partial charge on any atom is -0.478 e. The lowest BCUT2D eigenvalue weighted by Crippen LogP contribution is -2.19. The molecule has 0 radical (unpaired) electrons. The topological polar surface area (TPSA) is 67.3 Å². The summed E-state index contributed by atoms with van der Waals surface area (Å²) < 4.78 is 5.38. The molecule has 1 rings (SSSR count). The molecule has 1 aromatic heterocycles. The maximum Gasteiger partial charge on any atom is 0.226 e. The first-order chi connectivity index (χ1) is 7.76. The fourth-order valence-corrected chi connectivity index (χ4v) is 1.07. The molecule has 5 nitrogen and oxygen atoms in total. The summed E-state index contributed by atoms with van der Waals surface area (Å²) in [5.41, 5.74) is 0. The van der Waals surface area contributed by atoms with Crippen molar-refractivity contribution in [2.45, 2.75) is 32.8 Å². The second-order valence-corrected chi connectivity index (χ2v) is 3.51. The Kier molecular flexibility index (Phi) is 5.56. The second-order valence-electron chi connectivity index (χ2n) is 3.51. The Morgan fingerprint density at radius 2 is 2.31 bits per heavy atom. The first-order valence-electron chi connectivity index (χ1n) is 5.64. The average molecular weight is 225 g/mol. The number of aromatic nitrogens is 2. The van der Waals surface area contributed by atoms with Gasteiger partial charge in [-0.25, -0.2) is 4.98 Å².